The number of pyridine rings is 1. The van der Waals surface area contributed by atoms with Gasteiger partial charge in [-0.1, -0.05) is 57.2 Å². The number of anilines is 1. The maximum absolute atomic E-state index is 13.5. The zero-order chi connectivity index (χ0) is 34.5. The van der Waals surface area contributed by atoms with Gasteiger partial charge in [0.1, 0.15) is 17.7 Å². The van der Waals surface area contributed by atoms with Gasteiger partial charge in [-0.05, 0) is 86.4 Å². The summed E-state index contributed by atoms with van der Waals surface area (Å²) in [5.74, 6) is 1.93. The Kier molecular flexibility index (Phi) is 10.2. The minimum absolute atomic E-state index is 0.0443. The van der Waals surface area contributed by atoms with E-state index in [1.807, 2.05) is 86.0 Å². The summed E-state index contributed by atoms with van der Waals surface area (Å²) < 4.78 is 8.67. The summed E-state index contributed by atoms with van der Waals surface area (Å²) in [6.45, 7) is 9.28. The maximum atomic E-state index is 13.5. The molecule has 2 aromatic carbocycles. The summed E-state index contributed by atoms with van der Waals surface area (Å²) in [5.41, 5.74) is 11.1. The summed E-state index contributed by atoms with van der Waals surface area (Å²) in [6.07, 6.45) is 8.98. The van der Waals surface area contributed by atoms with Crippen LogP contribution in [0.4, 0.5) is 16.4 Å². The van der Waals surface area contributed by atoms with Gasteiger partial charge >= 0.3 is 6.03 Å². The second kappa shape index (κ2) is 14.7. The molecule has 258 valence electrons. The van der Waals surface area contributed by atoms with Gasteiger partial charge in [0.15, 0.2) is 5.65 Å². The Hall–Kier alpha value is -4.90. The zero-order valence-electron chi connectivity index (χ0n) is 28.9. The van der Waals surface area contributed by atoms with E-state index in [4.69, 9.17) is 15.5 Å². The van der Waals surface area contributed by atoms with Crippen LogP contribution in [0.3, 0.4) is 0 Å². The number of benzene rings is 2. The lowest BCUT2D eigenvalue weighted by Gasteiger charge is -2.33. The molecule has 3 heterocycles. The predicted octanol–water partition coefficient (Wildman–Crippen LogP) is 6.52. The molecular formula is C38H48N8O3. The number of amidine groups is 1. The summed E-state index contributed by atoms with van der Waals surface area (Å²) >= 11 is 0. The fraction of sp³-hybridized carbons (Fsp3) is 0.421. The standard InChI is InChI=1S/C38H48N8O3/c1-25-10-7-8-20-45(25)37-44-43-35-18-15-28(24-46(35)37)49-32-17-16-31(29-13-5-6-14-30(29)32)41-36(48)42-34(23-33(39)38(2,3)4)40-27-12-9-11-26(22-27)19-21-47/h5-6,9,11-15,18,22-25,31-32,47H,7-8,10,16-17,19-21,39H2,1-4H3,(H2,40,41,42,48)/b33-23-/t25-,31-,32+/m0/s1. The first-order valence-electron chi connectivity index (χ1n) is 17.3. The van der Waals surface area contributed by atoms with E-state index in [0.717, 1.165) is 53.4 Å². The number of aliphatic hydroxyl groups excluding tert-OH is 1. The molecule has 11 nitrogen and oxygen atoms in total. The average molecular weight is 665 g/mol. The number of fused-ring (bicyclic) bond motifs is 2. The second-order valence-electron chi connectivity index (χ2n) is 14.1. The number of nitrogens with two attached hydrogens (primary N) is 1. The van der Waals surface area contributed by atoms with Crippen LogP contribution in [0.5, 0.6) is 5.75 Å². The van der Waals surface area contributed by atoms with Crippen LogP contribution in [0, 0.1) is 5.41 Å². The number of carbonyl (C=O) groups excluding carboxylic acids is 1. The van der Waals surface area contributed by atoms with E-state index in [0.29, 0.717) is 42.5 Å². The third kappa shape index (κ3) is 8.05. The van der Waals surface area contributed by atoms with Gasteiger partial charge in [0.25, 0.3) is 0 Å². The molecule has 2 aliphatic rings. The topological polar surface area (TPSA) is 142 Å². The van der Waals surface area contributed by atoms with Crippen molar-refractivity contribution in [1.82, 2.24) is 25.2 Å². The lowest BCUT2D eigenvalue weighted by Crippen LogP contribution is -2.42. The van der Waals surface area contributed by atoms with Gasteiger partial charge in [0, 0.05) is 36.4 Å². The smallest absolute Gasteiger partial charge is 0.320 e. The third-order valence-electron chi connectivity index (χ3n) is 9.40. The summed E-state index contributed by atoms with van der Waals surface area (Å²) in [7, 11) is 0. The van der Waals surface area contributed by atoms with Crippen molar-refractivity contribution in [3.05, 3.63) is 95.3 Å². The fourth-order valence-electron chi connectivity index (χ4n) is 6.53. The molecule has 0 bridgehead atoms. The molecule has 5 N–H and O–H groups in total. The maximum Gasteiger partial charge on any atom is 0.320 e. The van der Waals surface area contributed by atoms with Gasteiger partial charge in [-0.15, -0.1) is 10.2 Å². The molecule has 2 amide bonds. The minimum atomic E-state index is -0.375. The van der Waals surface area contributed by atoms with E-state index in [1.54, 1.807) is 6.08 Å². The first kappa shape index (κ1) is 34.0. The molecule has 2 aromatic heterocycles. The van der Waals surface area contributed by atoms with Crippen LogP contribution in [-0.2, 0) is 6.42 Å². The van der Waals surface area contributed by atoms with Gasteiger partial charge < -0.3 is 25.8 Å². The monoisotopic (exact) mass is 664 g/mol. The van der Waals surface area contributed by atoms with Crippen molar-refractivity contribution in [1.29, 1.82) is 0 Å². The number of amides is 2. The predicted molar refractivity (Wildman–Crippen MR) is 193 cm³/mol. The van der Waals surface area contributed by atoms with Crippen molar-refractivity contribution in [2.45, 2.75) is 84.4 Å². The third-order valence-corrected chi connectivity index (χ3v) is 9.40. The van der Waals surface area contributed by atoms with Gasteiger partial charge in [-0.2, -0.15) is 0 Å². The number of rotatable bonds is 8. The van der Waals surface area contributed by atoms with Gasteiger partial charge in [-0.25, -0.2) is 9.79 Å². The number of piperidine rings is 1. The molecule has 11 heteroatoms. The lowest BCUT2D eigenvalue weighted by molar-refractivity contribution is 0.171. The number of urea groups is 1. The fourth-order valence-corrected chi connectivity index (χ4v) is 6.53. The Morgan fingerprint density at radius 2 is 1.88 bits per heavy atom. The summed E-state index contributed by atoms with van der Waals surface area (Å²) in [4.78, 5) is 20.6. The van der Waals surface area contributed by atoms with Crippen LogP contribution in [0.15, 0.2) is 83.6 Å². The van der Waals surface area contributed by atoms with Crippen molar-refractivity contribution < 1.29 is 14.6 Å². The van der Waals surface area contributed by atoms with Crippen LogP contribution in [0.2, 0.25) is 0 Å². The number of allylic oxidation sites excluding steroid dienone is 1. The number of aliphatic hydroxyl groups is 1. The molecule has 0 saturated carbocycles. The molecule has 0 radical (unpaired) electrons. The molecular weight excluding hydrogens is 616 g/mol. The van der Waals surface area contributed by atoms with Crippen LogP contribution in [0.25, 0.3) is 5.65 Å². The van der Waals surface area contributed by atoms with Gasteiger partial charge in [0.05, 0.1) is 17.9 Å². The Morgan fingerprint density at radius 3 is 2.65 bits per heavy atom. The van der Waals surface area contributed by atoms with Gasteiger partial charge in [-0.3, -0.25) is 9.72 Å². The molecule has 1 fully saturated rings. The molecule has 49 heavy (non-hydrogen) atoms. The van der Waals surface area contributed by atoms with E-state index in [1.165, 1.54) is 6.42 Å². The highest BCUT2D eigenvalue weighted by Gasteiger charge is 2.30. The minimum Gasteiger partial charge on any atom is -0.484 e. The number of aliphatic imine (C=N–C) groups is 1. The Labute approximate surface area is 288 Å². The Bertz CT molecular complexity index is 1840. The first-order chi connectivity index (χ1) is 23.6. The van der Waals surface area contributed by atoms with E-state index < -0.39 is 0 Å². The highest BCUT2D eigenvalue weighted by molar-refractivity contribution is 6.05. The van der Waals surface area contributed by atoms with Crippen molar-refractivity contribution in [3.63, 3.8) is 0 Å². The van der Waals surface area contributed by atoms with Crippen molar-refractivity contribution in [3.8, 4) is 5.75 Å². The van der Waals surface area contributed by atoms with E-state index in [2.05, 4.69) is 38.7 Å². The highest BCUT2D eigenvalue weighted by atomic mass is 16.5. The van der Waals surface area contributed by atoms with Crippen LogP contribution < -0.4 is 26.0 Å². The number of nitrogens with one attached hydrogen (secondary N) is 2. The average Bonchev–Trinajstić information content (AvgIpc) is 3.49. The number of nitrogens with zero attached hydrogens (tertiary/aromatic N) is 5. The number of ether oxygens (including phenoxy) is 1. The number of hydrogen-bond acceptors (Lipinski definition) is 8. The molecule has 3 atom stereocenters. The van der Waals surface area contributed by atoms with Crippen LogP contribution in [0.1, 0.15) is 88.6 Å². The quantitative estimate of drug-likeness (QED) is 0.124. The van der Waals surface area contributed by atoms with E-state index in [9.17, 15) is 9.90 Å². The first-order valence-corrected chi connectivity index (χ1v) is 17.3. The van der Waals surface area contributed by atoms with Gasteiger partial charge in [0.2, 0.25) is 5.95 Å². The molecule has 1 aliphatic carbocycles. The van der Waals surface area contributed by atoms with E-state index in [-0.39, 0.29) is 30.2 Å². The summed E-state index contributed by atoms with van der Waals surface area (Å²) in [5, 5.41) is 24.4. The molecule has 1 aliphatic heterocycles. The molecule has 1 saturated heterocycles. The zero-order valence-corrected chi connectivity index (χ0v) is 28.9. The highest BCUT2D eigenvalue weighted by Crippen LogP contribution is 2.39. The normalized spacial score (nSPS) is 20.2. The largest absolute Gasteiger partial charge is 0.484 e. The summed E-state index contributed by atoms with van der Waals surface area (Å²) in [6, 6.07) is 19.4. The Morgan fingerprint density at radius 1 is 1.06 bits per heavy atom. The van der Waals surface area contributed by atoms with Crippen molar-refractivity contribution in [2.75, 3.05) is 18.1 Å². The molecule has 0 spiro atoms. The number of hydrogen-bond donors (Lipinski definition) is 4. The van der Waals surface area contributed by atoms with Crippen LogP contribution >= 0.6 is 0 Å². The molecule has 0 unspecified atom stereocenters. The van der Waals surface area contributed by atoms with Crippen molar-refractivity contribution >= 4 is 29.1 Å². The molecule has 4 aromatic rings. The molecule has 6 rings (SSSR count). The number of aromatic nitrogens is 3. The van der Waals surface area contributed by atoms with E-state index >= 15 is 0 Å². The lowest BCUT2D eigenvalue weighted by atomic mass is 9.85. The second-order valence-corrected chi connectivity index (χ2v) is 14.1. The van der Waals surface area contributed by atoms with Crippen LogP contribution in [-0.4, -0.2) is 50.8 Å². The number of carbonyl (C=O) groups is 1. The SMILES string of the molecule is C[C@H]1CCCCN1c1nnc2ccc(O[C@@H]3CC[C@H](NC(=O)NC(/C=C(\N)C(C)(C)C)=Nc4cccc(CCO)c4)c4ccccc43)cn12. The van der Waals surface area contributed by atoms with Crippen molar-refractivity contribution in [2.24, 2.45) is 16.1 Å². The Balaban J connectivity index is 1.19.